The molecule has 9 nitrogen and oxygen atoms in total. The Balaban J connectivity index is 1.79. The van der Waals surface area contributed by atoms with Crippen molar-refractivity contribution in [3.05, 3.63) is 65.7 Å². The van der Waals surface area contributed by atoms with Crippen LogP contribution < -0.4 is 15.4 Å². The summed E-state index contributed by atoms with van der Waals surface area (Å²) in [5, 5.41) is 5.83. The molecule has 3 rings (SSSR count). The molecule has 2 aromatic rings. The lowest BCUT2D eigenvalue weighted by molar-refractivity contribution is -0.159. The largest absolute Gasteiger partial charge is 0.497 e. The molecule has 0 spiro atoms. The molecular weight excluding hydrogens is 546 g/mol. The summed E-state index contributed by atoms with van der Waals surface area (Å²) in [5.41, 5.74) is 0.680. The third kappa shape index (κ3) is 10.8. The van der Waals surface area contributed by atoms with Gasteiger partial charge in [-0.15, -0.1) is 0 Å². The molecule has 9 heteroatoms. The highest BCUT2D eigenvalue weighted by atomic mass is 16.6. The zero-order chi connectivity index (χ0) is 31.6. The highest BCUT2D eigenvalue weighted by Crippen LogP contribution is 2.20. The molecule has 1 heterocycles. The standard InChI is InChI=1S/C34H47N3O6/c1-23(2)19-28(33(41)43-34(3,4)5)36-31(39)27(20-24-13-8-7-9-14-24)35-32(40)29-17-10-11-18-37(29)22-30(38)25-15-12-16-26(21-25)42-6/h7-9,12-16,21,23,27-29H,10-11,17-20,22H2,1-6H3,(H,35,40)(H,36,39)/t27-,28-,29-/m0/s1. The molecule has 1 saturated heterocycles. The van der Waals surface area contributed by atoms with E-state index < -0.39 is 35.6 Å². The van der Waals surface area contributed by atoms with Crippen LogP contribution in [0.3, 0.4) is 0 Å². The monoisotopic (exact) mass is 593 g/mol. The fourth-order valence-electron chi connectivity index (χ4n) is 5.21. The number of Topliss-reactive ketones (excluding diaryl/α,β-unsaturated/α-hetero) is 1. The number of rotatable bonds is 13. The maximum Gasteiger partial charge on any atom is 0.329 e. The number of carbonyl (C=O) groups excluding carboxylic acids is 4. The molecule has 2 aromatic carbocycles. The van der Waals surface area contributed by atoms with E-state index in [-0.39, 0.29) is 30.6 Å². The Morgan fingerprint density at radius 1 is 0.953 bits per heavy atom. The van der Waals surface area contributed by atoms with Gasteiger partial charge in [-0.3, -0.25) is 19.3 Å². The smallest absolute Gasteiger partial charge is 0.329 e. The van der Waals surface area contributed by atoms with Crippen LogP contribution in [-0.4, -0.2) is 72.4 Å². The van der Waals surface area contributed by atoms with Crippen molar-refractivity contribution in [3.63, 3.8) is 0 Å². The molecule has 1 aliphatic heterocycles. The molecule has 2 N–H and O–H groups in total. The van der Waals surface area contributed by atoms with Crippen molar-refractivity contribution < 1.29 is 28.7 Å². The SMILES string of the molecule is COc1cccc(C(=O)CN2CCCC[C@H]2C(=O)N[C@@H](Cc2ccccc2)C(=O)N[C@@H](CC(C)C)C(=O)OC(C)(C)C)c1. The highest BCUT2D eigenvalue weighted by molar-refractivity contribution is 5.98. The lowest BCUT2D eigenvalue weighted by Gasteiger charge is -2.35. The normalized spacial score (nSPS) is 17.0. The van der Waals surface area contributed by atoms with E-state index in [1.807, 2.05) is 49.1 Å². The number of ketones is 1. The van der Waals surface area contributed by atoms with Crippen molar-refractivity contribution in [3.8, 4) is 5.75 Å². The molecule has 0 unspecified atom stereocenters. The number of benzene rings is 2. The summed E-state index contributed by atoms with van der Waals surface area (Å²) >= 11 is 0. The molecule has 43 heavy (non-hydrogen) atoms. The number of likely N-dealkylation sites (tertiary alicyclic amines) is 1. The maximum atomic E-state index is 13.8. The second-order valence-electron chi connectivity index (χ2n) is 12.6. The third-order valence-electron chi connectivity index (χ3n) is 7.29. The molecule has 1 fully saturated rings. The van der Waals surface area contributed by atoms with Crippen LogP contribution in [0.1, 0.15) is 76.2 Å². The first-order valence-electron chi connectivity index (χ1n) is 15.1. The summed E-state index contributed by atoms with van der Waals surface area (Å²) in [6.07, 6.45) is 2.93. The molecule has 0 aliphatic carbocycles. The Morgan fingerprint density at radius 2 is 1.67 bits per heavy atom. The van der Waals surface area contributed by atoms with E-state index in [0.29, 0.717) is 30.7 Å². The first-order valence-corrected chi connectivity index (χ1v) is 15.1. The van der Waals surface area contributed by atoms with Gasteiger partial charge in [0.1, 0.15) is 23.4 Å². The van der Waals surface area contributed by atoms with Crippen molar-refractivity contribution in [1.82, 2.24) is 15.5 Å². The summed E-state index contributed by atoms with van der Waals surface area (Å²) in [5.74, 6) is -0.663. The van der Waals surface area contributed by atoms with Crippen LogP contribution in [0, 0.1) is 5.92 Å². The summed E-state index contributed by atoms with van der Waals surface area (Å²) < 4.78 is 10.8. The van der Waals surface area contributed by atoms with E-state index >= 15 is 0 Å². The first-order chi connectivity index (χ1) is 20.4. The summed E-state index contributed by atoms with van der Waals surface area (Å²) in [4.78, 5) is 55.5. The van der Waals surface area contributed by atoms with Gasteiger partial charge in [0.2, 0.25) is 11.8 Å². The molecular formula is C34H47N3O6. The van der Waals surface area contributed by atoms with Gasteiger partial charge < -0.3 is 20.1 Å². The fraction of sp³-hybridized carbons (Fsp3) is 0.529. The van der Waals surface area contributed by atoms with Crippen LogP contribution in [0.2, 0.25) is 0 Å². The lowest BCUT2D eigenvalue weighted by Crippen LogP contribution is -2.58. The molecule has 0 saturated carbocycles. The van der Waals surface area contributed by atoms with Crippen LogP contribution in [0.25, 0.3) is 0 Å². The third-order valence-corrected chi connectivity index (χ3v) is 7.29. The van der Waals surface area contributed by atoms with Crippen LogP contribution in [0.15, 0.2) is 54.6 Å². The highest BCUT2D eigenvalue weighted by Gasteiger charge is 2.35. The van der Waals surface area contributed by atoms with Gasteiger partial charge in [0.05, 0.1) is 19.7 Å². The number of esters is 1. The van der Waals surface area contributed by atoms with E-state index in [9.17, 15) is 19.2 Å². The van der Waals surface area contributed by atoms with Crippen LogP contribution in [0.5, 0.6) is 5.75 Å². The minimum atomic E-state index is -0.926. The first kappa shape index (κ1) is 33.8. The van der Waals surface area contributed by atoms with Crippen molar-refractivity contribution in [2.75, 3.05) is 20.2 Å². The van der Waals surface area contributed by atoms with Crippen LogP contribution >= 0.6 is 0 Å². The van der Waals surface area contributed by atoms with Gasteiger partial charge in [-0.2, -0.15) is 0 Å². The second kappa shape index (κ2) is 15.7. The van der Waals surface area contributed by atoms with Crippen molar-refractivity contribution in [2.45, 2.75) is 90.4 Å². The topological polar surface area (TPSA) is 114 Å². The van der Waals surface area contributed by atoms with Gasteiger partial charge in [-0.1, -0.05) is 62.7 Å². The van der Waals surface area contributed by atoms with Gasteiger partial charge in [0, 0.05) is 12.0 Å². The predicted molar refractivity (Wildman–Crippen MR) is 166 cm³/mol. The lowest BCUT2D eigenvalue weighted by atomic mass is 9.98. The number of piperidine rings is 1. The summed E-state index contributed by atoms with van der Waals surface area (Å²) in [7, 11) is 1.55. The second-order valence-corrected chi connectivity index (χ2v) is 12.6. The molecule has 3 atom stereocenters. The molecule has 0 radical (unpaired) electrons. The number of nitrogens with zero attached hydrogens (tertiary/aromatic N) is 1. The minimum absolute atomic E-state index is 0.0793. The molecule has 1 aliphatic rings. The minimum Gasteiger partial charge on any atom is -0.497 e. The number of nitrogens with one attached hydrogen (secondary N) is 2. The van der Waals surface area contributed by atoms with Crippen molar-refractivity contribution in [1.29, 1.82) is 0 Å². The number of methoxy groups -OCH3 is 1. The number of hydrogen-bond acceptors (Lipinski definition) is 7. The summed E-state index contributed by atoms with van der Waals surface area (Å²) in [6.45, 7) is 9.97. The Kier molecular flexibility index (Phi) is 12.3. The molecule has 234 valence electrons. The number of carbonyl (C=O) groups is 4. The van der Waals surface area contributed by atoms with Crippen LogP contribution in [0.4, 0.5) is 0 Å². The zero-order valence-corrected chi connectivity index (χ0v) is 26.4. The number of amides is 2. The zero-order valence-electron chi connectivity index (χ0n) is 26.4. The van der Waals surface area contributed by atoms with Gasteiger partial charge in [-0.05, 0) is 70.2 Å². The Morgan fingerprint density at radius 3 is 2.33 bits per heavy atom. The quantitative estimate of drug-likeness (QED) is 0.263. The van der Waals surface area contributed by atoms with E-state index in [2.05, 4.69) is 10.6 Å². The van der Waals surface area contributed by atoms with E-state index in [1.54, 1.807) is 52.1 Å². The van der Waals surface area contributed by atoms with Gasteiger partial charge >= 0.3 is 5.97 Å². The average Bonchev–Trinajstić information content (AvgIpc) is 2.96. The van der Waals surface area contributed by atoms with E-state index in [1.165, 1.54) is 0 Å². The number of ether oxygens (including phenoxy) is 2. The van der Waals surface area contributed by atoms with Gasteiger partial charge in [0.15, 0.2) is 5.78 Å². The molecule has 0 aromatic heterocycles. The Labute approximate surface area is 255 Å². The summed E-state index contributed by atoms with van der Waals surface area (Å²) in [6, 6.07) is 14.1. The Hall–Kier alpha value is -3.72. The van der Waals surface area contributed by atoms with Crippen LogP contribution in [-0.2, 0) is 25.5 Å². The van der Waals surface area contributed by atoms with Crippen molar-refractivity contribution >= 4 is 23.6 Å². The van der Waals surface area contributed by atoms with E-state index in [0.717, 1.165) is 18.4 Å². The van der Waals surface area contributed by atoms with E-state index in [4.69, 9.17) is 9.47 Å². The maximum absolute atomic E-state index is 13.8. The average molecular weight is 594 g/mol. The van der Waals surface area contributed by atoms with Gasteiger partial charge in [-0.25, -0.2) is 4.79 Å². The number of hydrogen-bond donors (Lipinski definition) is 2. The predicted octanol–water partition coefficient (Wildman–Crippen LogP) is 4.33. The fourth-order valence-corrected chi connectivity index (χ4v) is 5.21. The van der Waals surface area contributed by atoms with Crippen molar-refractivity contribution in [2.24, 2.45) is 5.92 Å². The molecule has 0 bridgehead atoms. The molecule has 2 amide bonds. The van der Waals surface area contributed by atoms with Gasteiger partial charge in [0.25, 0.3) is 0 Å². The Bertz CT molecular complexity index is 1240.